The molecule has 0 fully saturated rings. The van der Waals surface area contributed by atoms with E-state index >= 15 is 0 Å². The van der Waals surface area contributed by atoms with E-state index in [2.05, 4.69) is 37.6 Å². The van der Waals surface area contributed by atoms with Gasteiger partial charge in [-0.3, -0.25) is 0 Å². The Morgan fingerprint density at radius 2 is 1.89 bits per heavy atom. The largest absolute Gasteiger partial charge is 0.354 e. The smallest absolute Gasteiger partial charge is 0.137 e. The molecule has 3 nitrogen and oxygen atoms in total. The van der Waals surface area contributed by atoms with E-state index in [1.165, 1.54) is 12.8 Å². The van der Waals surface area contributed by atoms with Gasteiger partial charge in [-0.25, -0.2) is 9.97 Å². The molecule has 0 spiro atoms. The summed E-state index contributed by atoms with van der Waals surface area (Å²) in [5.41, 5.74) is 0.996. The maximum absolute atomic E-state index is 6.25. The average molecular weight is 284 g/mol. The second kappa shape index (κ2) is 7.68. The molecule has 0 amide bonds. The molecule has 0 aromatic carbocycles. The first-order chi connectivity index (χ1) is 9.04. The highest BCUT2D eigenvalue weighted by atomic mass is 35.5. The van der Waals surface area contributed by atoms with Crippen LogP contribution in [0.15, 0.2) is 0 Å². The lowest BCUT2D eigenvalue weighted by Crippen LogP contribution is -2.35. The van der Waals surface area contributed by atoms with Gasteiger partial charge in [0.2, 0.25) is 0 Å². The zero-order chi connectivity index (χ0) is 14.4. The molecule has 0 radical (unpaired) electrons. The van der Waals surface area contributed by atoms with E-state index < -0.39 is 0 Å². The highest BCUT2D eigenvalue weighted by Crippen LogP contribution is 2.26. The van der Waals surface area contributed by atoms with Crippen molar-refractivity contribution >= 4 is 17.4 Å². The molecule has 0 saturated carbocycles. The number of nitrogens with zero attached hydrogens (tertiary/aromatic N) is 3. The van der Waals surface area contributed by atoms with Crippen molar-refractivity contribution in [3.63, 3.8) is 0 Å². The standard InChI is InChI=1S/C15H26ClN3/c1-6-9-10-19(11(4)7-2)15-12(5)14(16)17-13(8-3)18-15/h11H,6-10H2,1-5H3. The van der Waals surface area contributed by atoms with E-state index in [1.54, 1.807) is 0 Å². The van der Waals surface area contributed by atoms with Crippen molar-refractivity contribution in [3.8, 4) is 0 Å². The molecule has 0 bridgehead atoms. The number of hydrogen-bond acceptors (Lipinski definition) is 3. The molecule has 0 saturated heterocycles. The Morgan fingerprint density at radius 1 is 1.21 bits per heavy atom. The fraction of sp³-hybridized carbons (Fsp3) is 0.733. The van der Waals surface area contributed by atoms with Crippen LogP contribution in [0.2, 0.25) is 5.15 Å². The molecule has 0 N–H and O–H groups in total. The summed E-state index contributed by atoms with van der Waals surface area (Å²) in [5, 5.41) is 0.589. The molecular weight excluding hydrogens is 258 g/mol. The van der Waals surface area contributed by atoms with Crippen LogP contribution >= 0.6 is 11.6 Å². The van der Waals surface area contributed by atoms with Crippen LogP contribution in [0.4, 0.5) is 5.82 Å². The predicted molar refractivity (Wildman–Crippen MR) is 83.2 cm³/mol. The zero-order valence-electron chi connectivity index (χ0n) is 12.8. The lowest BCUT2D eigenvalue weighted by molar-refractivity contribution is 0.586. The van der Waals surface area contributed by atoms with Crippen molar-refractivity contribution < 1.29 is 0 Å². The van der Waals surface area contributed by atoms with Gasteiger partial charge in [-0.15, -0.1) is 0 Å². The minimum atomic E-state index is 0.473. The molecule has 0 aliphatic carbocycles. The van der Waals surface area contributed by atoms with Gasteiger partial charge in [0.25, 0.3) is 0 Å². The number of hydrogen-bond donors (Lipinski definition) is 0. The van der Waals surface area contributed by atoms with Crippen LogP contribution in [0.25, 0.3) is 0 Å². The van der Waals surface area contributed by atoms with Crippen molar-refractivity contribution in [1.82, 2.24) is 9.97 Å². The van der Waals surface area contributed by atoms with Crippen LogP contribution < -0.4 is 4.90 Å². The Bertz CT molecular complexity index is 407. The Kier molecular flexibility index (Phi) is 6.56. The molecule has 1 atom stereocenters. The summed E-state index contributed by atoms with van der Waals surface area (Å²) < 4.78 is 0. The van der Waals surface area contributed by atoms with Crippen molar-refractivity contribution in [2.75, 3.05) is 11.4 Å². The normalized spacial score (nSPS) is 12.5. The topological polar surface area (TPSA) is 29.0 Å². The summed E-state index contributed by atoms with van der Waals surface area (Å²) in [6.07, 6.45) is 4.28. The minimum Gasteiger partial charge on any atom is -0.354 e. The molecule has 0 aliphatic rings. The first kappa shape index (κ1) is 16.2. The Balaban J connectivity index is 3.16. The summed E-state index contributed by atoms with van der Waals surface area (Å²) in [4.78, 5) is 11.4. The maximum Gasteiger partial charge on any atom is 0.137 e. The molecule has 1 unspecified atom stereocenters. The van der Waals surface area contributed by atoms with Gasteiger partial charge in [0.05, 0.1) is 0 Å². The minimum absolute atomic E-state index is 0.473. The van der Waals surface area contributed by atoms with Crippen LogP contribution in [-0.4, -0.2) is 22.6 Å². The van der Waals surface area contributed by atoms with Gasteiger partial charge in [-0.2, -0.15) is 0 Å². The Labute approximate surface area is 122 Å². The molecule has 1 aromatic rings. The van der Waals surface area contributed by atoms with Gasteiger partial charge in [0.1, 0.15) is 16.8 Å². The molecule has 1 aromatic heterocycles. The Hall–Kier alpha value is -0.830. The quantitative estimate of drug-likeness (QED) is 0.694. The molecule has 19 heavy (non-hydrogen) atoms. The van der Waals surface area contributed by atoms with Crippen LogP contribution in [0.3, 0.4) is 0 Å². The van der Waals surface area contributed by atoms with Crippen molar-refractivity contribution in [2.45, 2.75) is 66.3 Å². The third kappa shape index (κ3) is 4.07. The number of anilines is 1. The van der Waals surface area contributed by atoms with Gasteiger partial charge in [0.15, 0.2) is 0 Å². The number of aryl methyl sites for hydroxylation is 1. The molecule has 0 aliphatic heterocycles. The van der Waals surface area contributed by atoms with Crippen LogP contribution in [-0.2, 0) is 6.42 Å². The lowest BCUT2D eigenvalue weighted by atomic mass is 10.1. The van der Waals surface area contributed by atoms with Gasteiger partial charge in [0, 0.05) is 24.6 Å². The number of rotatable bonds is 7. The number of halogens is 1. The van der Waals surface area contributed by atoms with Gasteiger partial charge >= 0.3 is 0 Å². The highest BCUT2D eigenvalue weighted by Gasteiger charge is 2.19. The maximum atomic E-state index is 6.25. The van der Waals surface area contributed by atoms with Crippen molar-refractivity contribution in [3.05, 3.63) is 16.5 Å². The van der Waals surface area contributed by atoms with E-state index in [0.29, 0.717) is 11.2 Å². The zero-order valence-corrected chi connectivity index (χ0v) is 13.6. The monoisotopic (exact) mass is 283 g/mol. The van der Waals surface area contributed by atoms with E-state index in [0.717, 1.165) is 36.6 Å². The number of aromatic nitrogens is 2. The first-order valence-corrected chi connectivity index (χ1v) is 7.72. The van der Waals surface area contributed by atoms with E-state index in [9.17, 15) is 0 Å². The molecular formula is C15H26ClN3. The first-order valence-electron chi connectivity index (χ1n) is 7.34. The van der Waals surface area contributed by atoms with E-state index in [-0.39, 0.29) is 0 Å². The fourth-order valence-corrected chi connectivity index (χ4v) is 2.22. The van der Waals surface area contributed by atoms with Crippen molar-refractivity contribution in [1.29, 1.82) is 0 Å². The third-order valence-corrected chi connectivity index (χ3v) is 3.94. The van der Waals surface area contributed by atoms with Gasteiger partial charge < -0.3 is 4.90 Å². The predicted octanol–water partition coefficient (Wildman–Crippen LogP) is 4.41. The summed E-state index contributed by atoms with van der Waals surface area (Å²) in [7, 11) is 0. The van der Waals surface area contributed by atoms with Gasteiger partial charge in [-0.1, -0.05) is 38.8 Å². The molecule has 4 heteroatoms. The van der Waals surface area contributed by atoms with Crippen molar-refractivity contribution in [2.24, 2.45) is 0 Å². The van der Waals surface area contributed by atoms with Gasteiger partial charge in [-0.05, 0) is 26.7 Å². The van der Waals surface area contributed by atoms with Crippen LogP contribution in [0, 0.1) is 6.92 Å². The summed E-state index contributed by atoms with van der Waals surface area (Å²) in [6, 6.07) is 0.473. The second-order valence-electron chi connectivity index (χ2n) is 5.04. The molecule has 108 valence electrons. The summed E-state index contributed by atoms with van der Waals surface area (Å²) >= 11 is 6.25. The molecule has 1 heterocycles. The highest BCUT2D eigenvalue weighted by molar-refractivity contribution is 6.30. The fourth-order valence-electron chi connectivity index (χ4n) is 2.04. The lowest BCUT2D eigenvalue weighted by Gasteiger charge is -2.31. The molecule has 1 rings (SSSR count). The number of unbranched alkanes of at least 4 members (excludes halogenated alkanes) is 1. The van der Waals surface area contributed by atoms with Crippen LogP contribution in [0.5, 0.6) is 0 Å². The average Bonchev–Trinajstić information content (AvgIpc) is 2.42. The summed E-state index contributed by atoms with van der Waals surface area (Å²) in [6.45, 7) is 11.8. The summed E-state index contributed by atoms with van der Waals surface area (Å²) in [5.74, 6) is 1.84. The second-order valence-corrected chi connectivity index (χ2v) is 5.40. The Morgan fingerprint density at radius 3 is 2.42 bits per heavy atom. The van der Waals surface area contributed by atoms with E-state index in [4.69, 9.17) is 16.6 Å². The SMILES string of the molecule is CCCCN(c1nc(CC)nc(Cl)c1C)C(C)CC. The van der Waals surface area contributed by atoms with Crippen LogP contribution in [0.1, 0.15) is 58.3 Å². The van der Waals surface area contributed by atoms with E-state index in [1.807, 2.05) is 6.92 Å². The third-order valence-electron chi connectivity index (χ3n) is 3.57.